The van der Waals surface area contributed by atoms with Gasteiger partial charge >= 0.3 is 0 Å². The number of nitrogens with zero attached hydrogens (tertiary/aromatic N) is 3. The summed E-state index contributed by atoms with van der Waals surface area (Å²) in [5, 5.41) is 11.3. The first-order valence-corrected chi connectivity index (χ1v) is 9.09. The molecule has 24 heavy (non-hydrogen) atoms. The zero-order valence-electron chi connectivity index (χ0n) is 14.0. The molecule has 0 radical (unpaired) electrons. The molecule has 0 saturated heterocycles. The van der Waals surface area contributed by atoms with E-state index in [1.165, 1.54) is 49.7 Å². The molecule has 2 aliphatic rings. The molecule has 1 saturated carbocycles. The number of carbonyl (C=O) groups excluding carboxylic acids is 1. The van der Waals surface area contributed by atoms with Crippen molar-refractivity contribution >= 4 is 5.91 Å². The molecule has 2 aromatic rings. The lowest BCUT2D eigenvalue weighted by molar-refractivity contribution is 0.0949. The van der Waals surface area contributed by atoms with Crippen LogP contribution in [0.1, 0.15) is 71.9 Å². The van der Waals surface area contributed by atoms with E-state index in [0.717, 1.165) is 24.2 Å². The van der Waals surface area contributed by atoms with Crippen LogP contribution in [0.15, 0.2) is 24.5 Å². The Labute approximate surface area is 142 Å². The van der Waals surface area contributed by atoms with E-state index in [4.69, 9.17) is 0 Å². The summed E-state index contributed by atoms with van der Waals surface area (Å²) >= 11 is 0. The van der Waals surface area contributed by atoms with Gasteiger partial charge in [0.1, 0.15) is 6.33 Å². The smallest absolute Gasteiger partial charge is 0.251 e. The van der Waals surface area contributed by atoms with E-state index >= 15 is 0 Å². The van der Waals surface area contributed by atoms with Gasteiger partial charge in [0.15, 0.2) is 5.82 Å². The normalized spacial score (nSPS) is 17.7. The molecule has 1 heterocycles. The van der Waals surface area contributed by atoms with E-state index < -0.39 is 0 Å². The first-order chi connectivity index (χ1) is 11.8. The van der Waals surface area contributed by atoms with Gasteiger partial charge in [-0.3, -0.25) is 4.79 Å². The predicted octanol–water partition coefficient (Wildman–Crippen LogP) is 3.20. The van der Waals surface area contributed by atoms with Crippen molar-refractivity contribution in [2.24, 2.45) is 0 Å². The largest absolute Gasteiger partial charge is 0.345 e. The van der Waals surface area contributed by atoms with E-state index in [1.54, 1.807) is 0 Å². The maximum Gasteiger partial charge on any atom is 0.251 e. The number of nitrogens with one attached hydrogen (secondary N) is 1. The molecule has 4 rings (SSSR count). The third-order valence-corrected chi connectivity index (χ3v) is 5.38. The van der Waals surface area contributed by atoms with Gasteiger partial charge in [-0.25, -0.2) is 0 Å². The quantitative estimate of drug-likeness (QED) is 0.939. The molecule has 0 aliphatic heterocycles. The van der Waals surface area contributed by atoms with Gasteiger partial charge in [0.2, 0.25) is 0 Å². The zero-order chi connectivity index (χ0) is 16.4. The number of benzene rings is 1. The number of hydrogen-bond acceptors (Lipinski definition) is 3. The van der Waals surface area contributed by atoms with Crippen molar-refractivity contribution in [3.63, 3.8) is 0 Å². The van der Waals surface area contributed by atoms with Crippen LogP contribution in [0.3, 0.4) is 0 Å². The average Bonchev–Trinajstić information content (AvgIpc) is 3.28. The Balaban J connectivity index is 1.42. The summed E-state index contributed by atoms with van der Waals surface area (Å²) in [6.07, 6.45) is 11.5. The lowest BCUT2D eigenvalue weighted by atomic mass is 9.95. The number of rotatable bonds is 4. The van der Waals surface area contributed by atoms with E-state index in [1.807, 2.05) is 18.5 Å². The van der Waals surface area contributed by atoms with Gasteiger partial charge < -0.3 is 9.88 Å². The molecule has 0 atom stereocenters. The maximum atomic E-state index is 12.5. The van der Waals surface area contributed by atoms with Gasteiger partial charge in [-0.2, -0.15) is 0 Å². The van der Waals surface area contributed by atoms with E-state index in [0.29, 0.717) is 12.6 Å². The van der Waals surface area contributed by atoms with Gasteiger partial charge in [0.05, 0.1) is 6.54 Å². The van der Waals surface area contributed by atoms with Crippen LogP contribution < -0.4 is 5.32 Å². The Kier molecular flexibility index (Phi) is 4.32. The minimum absolute atomic E-state index is 0.0251. The second-order valence-corrected chi connectivity index (χ2v) is 6.97. The van der Waals surface area contributed by atoms with Gasteiger partial charge in [-0.1, -0.05) is 25.3 Å². The molecular weight excluding hydrogens is 300 g/mol. The maximum absolute atomic E-state index is 12.5. The summed E-state index contributed by atoms with van der Waals surface area (Å²) in [6.45, 7) is 0.437. The summed E-state index contributed by atoms with van der Waals surface area (Å²) < 4.78 is 2.15. The van der Waals surface area contributed by atoms with Crippen molar-refractivity contribution in [3.05, 3.63) is 47.0 Å². The van der Waals surface area contributed by atoms with Crippen molar-refractivity contribution in [2.45, 2.75) is 64.0 Å². The summed E-state index contributed by atoms with van der Waals surface area (Å²) in [4.78, 5) is 12.5. The van der Waals surface area contributed by atoms with E-state index in [-0.39, 0.29) is 5.91 Å². The van der Waals surface area contributed by atoms with Crippen LogP contribution in [0.25, 0.3) is 0 Å². The minimum atomic E-state index is -0.0251. The summed E-state index contributed by atoms with van der Waals surface area (Å²) in [5.74, 6) is 0.833. The number of aromatic nitrogens is 3. The zero-order valence-corrected chi connectivity index (χ0v) is 14.0. The molecule has 1 aromatic carbocycles. The van der Waals surface area contributed by atoms with Crippen LogP contribution in [0.2, 0.25) is 0 Å². The summed E-state index contributed by atoms with van der Waals surface area (Å²) in [5.41, 5.74) is 3.47. The number of aryl methyl sites for hydroxylation is 2. The lowest BCUT2D eigenvalue weighted by Crippen LogP contribution is -2.26. The Morgan fingerprint density at radius 1 is 1.12 bits per heavy atom. The van der Waals surface area contributed by atoms with Crippen molar-refractivity contribution < 1.29 is 4.79 Å². The standard InChI is InChI=1S/C19H24N4O/c24-19(16-10-9-14-5-4-6-15(14)11-16)20-12-18-22-21-13-23(18)17-7-2-1-3-8-17/h9-11,13,17H,1-8,12H2,(H,20,24). The molecule has 5 nitrogen and oxygen atoms in total. The number of fused-ring (bicyclic) bond motifs is 1. The summed E-state index contributed by atoms with van der Waals surface area (Å²) in [7, 11) is 0. The SMILES string of the molecule is O=C(NCc1nncn1C1CCCCC1)c1ccc2c(c1)CCC2. The highest BCUT2D eigenvalue weighted by molar-refractivity contribution is 5.94. The van der Waals surface area contributed by atoms with Crippen LogP contribution in [0.5, 0.6) is 0 Å². The molecule has 1 N–H and O–H groups in total. The van der Waals surface area contributed by atoms with Gasteiger partial charge in [0, 0.05) is 11.6 Å². The van der Waals surface area contributed by atoms with Crippen LogP contribution in [0, 0.1) is 0 Å². The third kappa shape index (κ3) is 3.07. The Morgan fingerprint density at radius 2 is 1.96 bits per heavy atom. The molecule has 0 unspecified atom stereocenters. The van der Waals surface area contributed by atoms with E-state index in [9.17, 15) is 4.79 Å². The molecule has 0 bridgehead atoms. The Morgan fingerprint density at radius 3 is 2.83 bits per heavy atom. The molecular formula is C19H24N4O. The Hall–Kier alpha value is -2.17. The first kappa shape index (κ1) is 15.4. The van der Waals surface area contributed by atoms with Gasteiger partial charge in [-0.05, 0) is 55.4 Å². The lowest BCUT2D eigenvalue weighted by Gasteiger charge is -2.24. The number of amides is 1. The monoisotopic (exact) mass is 324 g/mol. The molecule has 1 amide bonds. The highest BCUT2D eigenvalue weighted by Gasteiger charge is 2.19. The molecule has 1 aromatic heterocycles. The highest BCUT2D eigenvalue weighted by atomic mass is 16.1. The molecule has 0 spiro atoms. The fraction of sp³-hybridized carbons (Fsp3) is 0.526. The van der Waals surface area contributed by atoms with E-state index in [2.05, 4.69) is 26.1 Å². The second kappa shape index (κ2) is 6.75. The number of hydrogen-bond donors (Lipinski definition) is 1. The molecule has 1 fully saturated rings. The fourth-order valence-corrected chi connectivity index (χ4v) is 4.03. The second-order valence-electron chi connectivity index (χ2n) is 6.97. The third-order valence-electron chi connectivity index (χ3n) is 5.38. The van der Waals surface area contributed by atoms with Gasteiger partial charge in [-0.15, -0.1) is 10.2 Å². The van der Waals surface area contributed by atoms with Crippen LogP contribution in [-0.2, 0) is 19.4 Å². The van der Waals surface area contributed by atoms with Crippen LogP contribution in [-0.4, -0.2) is 20.7 Å². The van der Waals surface area contributed by atoms with Crippen LogP contribution >= 0.6 is 0 Å². The van der Waals surface area contributed by atoms with Crippen molar-refractivity contribution in [3.8, 4) is 0 Å². The van der Waals surface area contributed by atoms with Crippen molar-refractivity contribution in [1.82, 2.24) is 20.1 Å². The molecule has 126 valence electrons. The van der Waals surface area contributed by atoms with Crippen molar-refractivity contribution in [1.29, 1.82) is 0 Å². The minimum Gasteiger partial charge on any atom is -0.345 e. The Bertz CT molecular complexity index is 731. The summed E-state index contributed by atoms with van der Waals surface area (Å²) in [6, 6.07) is 6.57. The van der Waals surface area contributed by atoms with Crippen molar-refractivity contribution in [2.75, 3.05) is 0 Å². The molecule has 2 aliphatic carbocycles. The topological polar surface area (TPSA) is 59.8 Å². The highest BCUT2D eigenvalue weighted by Crippen LogP contribution is 2.28. The first-order valence-electron chi connectivity index (χ1n) is 9.09. The number of carbonyl (C=O) groups is 1. The van der Waals surface area contributed by atoms with Crippen LogP contribution in [0.4, 0.5) is 0 Å². The molecule has 5 heteroatoms. The van der Waals surface area contributed by atoms with Gasteiger partial charge in [0.25, 0.3) is 5.91 Å². The fourth-order valence-electron chi connectivity index (χ4n) is 4.03. The predicted molar refractivity (Wildman–Crippen MR) is 91.8 cm³/mol. The average molecular weight is 324 g/mol.